The zero-order chi connectivity index (χ0) is 12.8. The van der Waals surface area contributed by atoms with Crippen molar-refractivity contribution < 1.29 is 9.90 Å². The maximum Gasteiger partial charge on any atom is 0.269 e. The fourth-order valence-electron chi connectivity index (χ4n) is 2.12. The average Bonchev–Trinajstić information content (AvgIpc) is 2.40. The van der Waals surface area contributed by atoms with Crippen molar-refractivity contribution in [2.24, 2.45) is 5.92 Å². The molecule has 1 heterocycles. The molecule has 2 N–H and O–H groups in total. The van der Waals surface area contributed by atoms with Gasteiger partial charge in [0, 0.05) is 6.54 Å². The highest BCUT2D eigenvalue weighted by Gasteiger charge is 2.11. The quantitative estimate of drug-likeness (QED) is 0.801. The van der Waals surface area contributed by atoms with Gasteiger partial charge in [0.15, 0.2) is 0 Å². The predicted octanol–water partition coefficient (Wildman–Crippen LogP) is 2.26. The Morgan fingerprint density at radius 1 is 1.44 bits per heavy atom. The van der Waals surface area contributed by atoms with Crippen LogP contribution in [0.2, 0.25) is 0 Å². The second-order valence-electron chi connectivity index (χ2n) is 4.60. The lowest BCUT2D eigenvalue weighted by Gasteiger charge is -2.17. The number of aromatic hydroxyl groups is 1. The largest absolute Gasteiger partial charge is 0.506 e. The third kappa shape index (κ3) is 3.58. The molecule has 1 aromatic heterocycles. The predicted molar refractivity (Wildman–Crippen MR) is 69.3 cm³/mol. The highest BCUT2D eigenvalue weighted by atomic mass is 16.3. The summed E-state index contributed by atoms with van der Waals surface area (Å²) in [4.78, 5) is 15.6. The van der Waals surface area contributed by atoms with Crippen LogP contribution in [-0.4, -0.2) is 22.5 Å². The Balaban J connectivity index is 1.74. The van der Waals surface area contributed by atoms with E-state index in [0.717, 1.165) is 19.3 Å². The molecule has 96 valence electrons. The first-order valence-electron chi connectivity index (χ1n) is 6.34. The monoisotopic (exact) mass is 246 g/mol. The number of allylic oxidation sites excluding steroid dienone is 2. The van der Waals surface area contributed by atoms with Gasteiger partial charge < -0.3 is 10.4 Å². The van der Waals surface area contributed by atoms with Crippen LogP contribution in [0.3, 0.4) is 0 Å². The van der Waals surface area contributed by atoms with Gasteiger partial charge in [-0.25, -0.2) is 4.98 Å². The number of nitrogens with zero attached hydrogens (tertiary/aromatic N) is 1. The molecule has 0 radical (unpaired) electrons. The molecule has 4 heteroatoms. The zero-order valence-electron chi connectivity index (χ0n) is 10.3. The van der Waals surface area contributed by atoms with Crippen LogP contribution in [0.5, 0.6) is 5.75 Å². The lowest BCUT2D eigenvalue weighted by atomic mass is 9.91. The SMILES string of the molecule is O=C(NCCC1CC=CCC1)c1ccc(O)cn1. The van der Waals surface area contributed by atoms with Crippen LogP contribution in [0.15, 0.2) is 30.5 Å². The van der Waals surface area contributed by atoms with Gasteiger partial charge in [0.2, 0.25) is 0 Å². The Bertz CT molecular complexity index is 426. The van der Waals surface area contributed by atoms with E-state index in [4.69, 9.17) is 5.11 Å². The first kappa shape index (κ1) is 12.6. The van der Waals surface area contributed by atoms with E-state index in [-0.39, 0.29) is 11.7 Å². The highest BCUT2D eigenvalue weighted by Crippen LogP contribution is 2.20. The Morgan fingerprint density at radius 3 is 3.00 bits per heavy atom. The van der Waals surface area contributed by atoms with E-state index in [0.29, 0.717) is 18.2 Å². The van der Waals surface area contributed by atoms with E-state index in [2.05, 4.69) is 22.5 Å². The zero-order valence-corrected chi connectivity index (χ0v) is 10.3. The molecule has 4 nitrogen and oxygen atoms in total. The number of carbonyl (C=O) groups excluding carboxylic acids is 1. The van der Waals surface area contributed by atoms with Crippen molar-refractivity contribution in [2.45, 2.75) is 25.7 Å². The van der Waals surface area contributed by atoms with Gasteiger partial charge in [0.05, 0.1) is 6.20 Å². The van der Waals surface area contributed by atoms with E-state index < -0.39 is 0 Å². The molecule has 1 aliphatic carbocycles. The van der Waals surface area contributed by atoms with Crippen molar-refractivity contribution in [1.82, 2.24) is 10.3 Å². The number of hydrogen-bond donors (Lipinski definition) is 2. The van der Waals surface area contributed by atoms with Gasteiger partial charge in [-0.3, -0.25) is 4.79 Å². The first-order valence-corrected chi connectivity index (χ1v) is 6.34. The number of pyridine rings is 1. The lowest BCUT2D eigenvalue weighted by Crippen LogP contribution is -2.26. The standard InChI is InChI=1S/C14H18N2O2/c17-12-6-7-13(16-10-12)14(18)15-9-8-11-4-2-1-3-5-11/h1-2,6-7,10-11,17H,3-5,8-9H2,(H,15,18). The minimum atomic E-state index is -0.179. The molecule has 0 aliphatic heterocycles. The normalized spacial score (nSPS) is 18.6. The molecule has 0 spiro atoms. The lowest BCUT2D eigenvalue weighted by molar-refractivity contribution is 0.0946. The molecule has 1 atom stereocenters. The number of rotatable bonds is 4. The van der Waals surface area contributed by atoms with Crippen LogP contribution in [0.25, 0.3) is 0 Å². The smallest absolute Gasteiger partial charge is 0.269 e. The summed E-state index contributed by atoms with van der Waals surface area (Å²) in [6.45, 7) is 0.680. The number of nitrogens with one attached hydrogen (secondary N) is 1. The van der Waals surface area contributed by atoms with Crippen molar-refractivity contribution in [3.8, 4) is 5.75 Å². The Kier molecular flexibility index (Phi) is 4.34. The number of carbonyl (C=O) groups is 1. The molecule has 1 aliphatic rings. The van der Waals surface area contributed by atoms with Crippen molar-refractivity contribution >= 4 is 5.91 Å². The molecule has 0 saturated carbocycles. The van der Waals surface area contributed by atoms with E-state index in [1.165, 1.54) is 24.8 Å². The van der Waals surface area contributed by atoms with Gasteiger partial charge in [-0.05, 0) is 43.7 Å². The molecule has 0 fully saturated rings. The minimum Gasteiger partial charge on any atom is -0.506 e. The molecular formula is C14H18N2O2. The minimum absolute atomic E-state index is 0.0699. The molecule has 2 rings (SSSR count). The summed E-state index contributed by atoms with van der Waals surface area (Å²) in [6.07, 6.45) is 10.2. The van der Waals surface area contributed by atoms with E-state index in [9.17, 15) is 4.79 Å². The van der Waals surface area contributed by atoms with E-state index >= 15 is 0 Å². The Morgan fingerprint density at radius 2 is 2.33 bits per heavy atom. The summed E-state index contributed by atoms with van der Waals surface area (Å²) in [5, 5.41) is 11.9. The van der Waals surface area contributed by atoms with Crippen LogP contribution >= 0.6 is 0 Å². The molecule has 0 saturated heterocycles. The molecule has 0 bridgehead atoms. The molecule has 1 aromatic rings. The van der Waals surface area contributed by atoms with Crippen LogP contribution in [0, 0.1) is 5.92 Å². The summed E-state index contributed by atoms with van der Waals surface area (Å²) in [7, 11) is 0. The number of aromatic nitrogens is 1. The van der Waals surface area contributed by atoms with Crippen molar-refractivity contribution in [2.75, 3.05) is 6.54 Å². The van der Waals surface area contributed by atoms with Crippen molar-refractivity contribution in [3.63, 3.8) is 0 Å². The van der Waals surface area contributed by atoms with E-state index in [1.54, 1.807) is 0 Å². The van der Waals surface area contributed by atoms with Gasteiger partial charge in [0.25, 0.3) is 5.91 Å². The summed E-state index contributed by atoms with van der Waals surface area (Å²) >= 11 is 0. The van der Waals surface area contributed by atoms with E-state index in [1.807, 2.05) is 0 Å². The van der Waals surface area contributed by atoms with Gasteiger partial charge in [-0.2, -0.15) is 0 Å². The van der Waals surface area contributed by atoms with Crippen LogP contribution in [0.4, 0.5) is 0 Å². The maximum absolute atomic E-state index is 11.7. The summed E-state index contributed by atoms with van der Waals surface area (Å²) < 4.78 is 0. The average molecular weight is 246 g/mol. The summed E-state index contributed by atoms with van der Waals surface area (Å²) in [5.41, 5.74) is 0.344. The van der Waals surface area contributed by atoms with Gasteiger partial charge in [-0.15, -0.1) is 0 Å². The fraction of sp³-hybridized carbons (Fsp3) is 0.429. The molecule has 18 heavy (non-hydrogen) atoms. The van der Waals surface area contributed by atoms with Crippen molar-refractivity contribution in [3.05, 3.63) is 36.2 Å². The summed E-state index contributed by atoms with van der Waals surface area (Å²) in [5.74, 6) is 0.574. The third-order valence-corrected chi connectivity index (χ3v) is 3.20. The maximum atomic E-state index is 11.7. The molecule has 1 amide bonds. The third-order valence-electron chi connectivity index (χ3n) is 3.20. The van der Waals surface area contributed by atoms with Crippen LogP contribution in [-0.2, 0) is 0 Å². The van der Waals surface area contributed by atoms with Gasteiger partial charge >= 0.3 is 0 Å². The summed E-state index contributed by atoms with van der Waals surface area (Å²) in [6, 6.07) is 2.99. The number of amides is 1. The fourth-order valence-corrected chi connectivity index (χ4v) is 2.12. The second-order valence-corrected chi connectivity index (χ2v) is 4.60. The molecule has 0 aromatic carbocycles. The topological polar surface area (TPSA) is 62.2 Å². The number of hydrogen-bond acceptors (Lipinski definition) is 3. The van der Waals surface area contributed by atoms with Crippen LogP contribution < -0.4 is 5.32 Å². The highest BCUT2D eigenvalue weighted by molar-refractivity contribution is 5.92. The van der Waals surface area contributed by atoms with Gasteiger partial charge in [0.1, 0.15) is 11.4 Å². The Hall–Kier alpha value is -1.84. The second kappa shape index (κ2) is 6.19. The van der Waals surface area contributed by atoms with Gasteiger partial charge in [-0.1, -0.05) is 12.2 Å². The molecular weight excluding hydrogens is 228 g/mol. The first-order chi connectivity index (χ1) is 8.75. The van der Waals surface area contributed by atoms with Crippen LogP contribution in [0.1, 0.15) is 36.2 Å². The molecule has 1 unspecified atom stereocenters. The Labute approximate surface area is 107 Å². The van der Waals surface area contributed by atoms with Crippen molar-refractivity contribution in [1.29, 1.82) is 0 Å².